The van der Waals surface area contributed by atoms with Crippen molar-refractivity contribution in [2.75, 3.05) is 7.11 Å². The molecule has 0 aliphatic rings. The minimum absolute atomic E-state index is 0.196. The van der Waals surface area contributed by atoms with Gasteiger partial charge >= 0.3 is 12.1 Å². The van der Waals surface area contributed by atoms with Gasteiger partial charge in [-0.25, -0.2) is 4.98 Å². The molecule has 0 aliphatic heterocycles. The molecule has 1 heterocycles. The lowest BCUT2D eigenvalue weighted by molar-refractivity contribution is -0.140. The fourth-order valence-corrected chi connectivity index (χ4v) is 5.05. The van der Waals surface area contributed by atoms with Crippen LogP contribution in [-0.4, -0.2) is 22.6 Å². The van der Waals surface area contributed by atoms with Crippen LogP contribution in [0.5, 0.6) is 0 Å². The summed E-state index contributed by atoms with van der Waals surface area (Å²) in [6.45, 7) is 0.505. The van der Waals surface area contributed by atoms with Gasteiger partial charge in [0.25, 0.3) is 0 Å². The third-order valence-corrected chi connectivity index (χ3v) is 7.37. The number of hydrogen-bond donors (Lipinski definition) is 0. The number of carbonyl (C=O) groups excluding carboxylic acids is 1. The third-order valence-electron chi connectivity index (χ3n) is 6.83. The van der Waals surface area contributed by atoms with Crippen LogP contribution in [-0.2, 0) is 28.7 Å². The molecule has 0 atom stereocenters. The van der Waals surface area contributed by atoms with Crippen LogP contribution in [0.15, 0.2) is 97.2 Å². The van der Waals surface area contributed by atoms with Crippen LogP contribution in [0.1, 0.15) is 28.1 Å². The zero-order valence-electron chi connectivity index (χ0n) is 22.9. The summed E-state index contributed by atoms with van der Waals surface area (Å²) in [6, 6.07) is 25.5. The van der Waals surface area contributed by atoms with E-state index in [1.807, 2.05) is 65.4 Å². The largest absolute Gasteiger partial charge is 0.469 e. The number of imidazole rings is 1. The van der Waals surface area contributed by atoms with Crippen LogP contribution in [0, 0.1) is 0 Å². The first-order chi connectivity index (χ1) is 20.6. The van der Waals surface area contributed by atoms with E-state index in [2.05, 4.69) is 0 Å². The second-order valence-electron chi connectivity index (χ2n) is 9.84. The maximum absolute atomic E-state index is 13.2. The molecule has 0 unspecified atom stereocenters. The SMILES string of the molecule is COC(=O)Cc1ccc(Cn2cc(-c3ccc(Cl)cc3Cl)nc2C=Cc2ccc(-c3cccc(C(F)(F)F)c3)cc2)cc1. The first-order valence-electron chi connectivity index (χ1n) is 13.2. The van der Waals surface area contributed by atoms with E-state index in [9.17, 15) is 18.0 Å². The highest BCUT2D eigenvalue weighted by molar-refractivity contribution is 6.36. The Labute approximate surface area is 257 Å². The van der Waals surface area contributed by atoms with Gasteiger partial charge in [0.05, 0.1) is 29.8 Å². The Morgan fingerprint density at radius 3 is 2.28 bits per heavy atom. The number of alkyl halides is 3. The standard InChI is InChI=1S/C34H25Cl2F3N2O2/c1-43-33(42)17-23-5-7-24(8-6-23)20-41-21-31(29-15-14-28(35)19-30(29)36)40-32(41)16-11-22-9-12-25(13-10-22)26-3-2-4-27(18-26)34(37,38)39/h2-16,18-19,21H,17,20H2,1H3. The van der Waals surface area contributed by atoms with Crippen molar-refractivity contribution in [2.45, 2.75) is 19.1 Å². The van der Waals surface area contributed by atoms with Crippen LogP contribution in [0.25, 0.3) is 34.5 Å². The van der Waals surface area contributed by atoms with E-state index in [4.69, 9.17) is 32.9 Å². The van der Waals surface area contributed by atoms with Crippen molar-refractivity contribution in [1.82, 2.24) is 9.55 Å². The number of methoxy groups -OCH3 is 1. The van der Waals surface area contributed by atoms with Crippen LogP contribution in [0.4, 0.5) is 13.2 Å². The van der Waals surface area contributed by atoms with Crippen molar-refractivity contribution in [1.29, 1.82) is 0 Å². The molecule has 0 aliphatic carbocycles. The lowest BCUT2D eigenvalue weighted by Crippen LogP contribution is -2.05. The predicted molar refractivity (Wildman–Crippen MR) is 165 cm³/mol. The molecule has 0 spiro atoms. The average molecular weight is 621 g/mol. The first-order valence-corrected chi connectivity index (χ1v) is 14.0. The molecule has 5 rings (SSSR count). The second kappa shape index (κ2) is 12.9. The number of nitrogens with zero attached hydrogens (tertiary/aromatic N) is 2. The van der Waals surface area contributed by atoms with Crippen LogP contribution in [0.2, 0.25) is 10.0 Å². The van der Waals surface area contributed by atoms with Gasteiger partial charge in [-0.15, -0.1) is 0 Å². The summed E-state index contributed by atoms with van der Waals surface area (Å²) in [5, 5.41) is 0.999. The smallest absolute Gasteiger partial charge is 0.416 e. The van der Waals surface area contributed by atoms with Crippen molar-refractivity contribution in [2.24, 2.45) is 0 Å². The fourth-order valence-electron chi connectivity index (χ4n) is 4.55. The zero-order chi connectivity index (χ0) is 30.6. The highest BCUT2D eigenvalue weighted by Gasteiger charge is 2.30. The monoisotopic (exact) mass is 620 g/mol. The van der Waals surface area contributed by atoms with E-state index in [0.717, 1.165) is 34.4 Å². The topological polar surface area (TPSA) is 44.1 Å². The minimum Gasteiger partial charge on any atom is -0.469 e. The van der Waals surface area contributed by atoms with Gasteiger partial charge in [-0.3, -0.25) is 4.79 Å². The minimum atomic E-state index is -4.40. The van der Waals surface area contributed by atoms with Gasteiger partial charge in [0.1, 0.15) is 5.82 Å². The Hall–Kier alpha value is -4.33. The molecule has 0 radical (unpaired) electrons. The second-order valence-corrected chi connectivity index (χ2v) is 10.7. The van der Waals surface area contributed by atoms with Crippen molar-refractivity contribution in [3.05, 3.63) is 135 Å². The number of halogens is 5. The summed E-state index contributed by atoms with van der Waals surface area (Å²) in [5.41, 5.74) is 4.59. The predicted octanol–water partition coefficient (Wildman–Crippen LogP) is 9.48. The molecule has 0 saturated carbocycles. The number of benzene rings is 4. The summed E-state index contributed by atoms with van der Waals surface area (Å²) in [6.07, 6.45) is 1.47. The van der Waals surface area contributed by atoms with Gasteiger partial charge in [0, 0.05) is 23.3 Å². The highest BCUT2D eigenvalue weighted by atomic mass is 35.5. The molecule has 4 nitrogen and oxygen atoms in total. The Balaban J connectivity index is 1.42. The lowest BCUT2D eigenvalue weighted by Gasteiger charge is -2.09. The summed E-state index contributed by atoms with van der Waals surface area (Å²) >= 11 is 12.6. The van der Waals surface area contributed by atoms with Crippen LogP contribution >= 0.6 is 23.2 Å². The van der Waals surface area contributed by atoms with E-state index in [1.54, 1.807) is 30.3 Å². The van der Waals surface area contributed by atoms with Crippen molar-refractivity contribution >= 4 is 41.3 Å². The summed E-state index contributed by atoms with van der Waals surface area (Å²) in [7, 11) is 1.36. The number of rotatable bonds is 8. The maximum Gasteiger partial charge on any atom is 0.416 e. The van der Waals surface area contributed by atoms with Crippen molar-refractivity contribution in [3.63, 3.8) is 0 Å². The molecule has 5 aromatic rings. The Morgan fingerprint density at radius 1 is 0.884 bits per heavy atom. The van der Waals surface area contributed by atoms with E-state index in [1.165, 1.54) is 13.2 Å². The summed E-state index contributed by atoms with van der Waals surface area (Å²) < 4.78 is 46.2. The average Bonchev–Trinajstić information content (AvgIpc) is 3.38. The van der Waals surface area contributed by atoms with Gasteiger partial charge in [-0.05, 0) is 64.2 Å². The van der Waals surface area contributed by atoms with E-state index < -0.39 is 11.7 Å². The van der Waals surface area contributed by atoms with Gasteiger partial charge in [0.2, 0.25) is 0 Å². The van der Waals surface area contributed by atoms with E-state index in [-0.39, 0.29) is 12.4 Å². The fraction of sp³-hybridized carbons (Fsp3) is 0.118. The van der Waals surface area contributed by atoms with Gasteiger partial charge in [-0.2, -0.15) is 13.2 Å². The molecule has 0 bridgehead atoms. The van der Waals surface area contributed by atoms with E-state index in [0.29, 0.717) is 39.2 Å². The first kappa shape index (κ1) is 30.1. The number of hydrogen-bond acceptors (Lipinski definition) is 3. The highest BCUT2D eigenvalue weighted by Crippen LogP contribution is 2.33. The molecule has 0 amide bonds. The molecule has 4 aromatic carbocycles. The molecular weight excluding hydrogens is 596 g/mol. The molecule has 43 heavy (non-hydrogen) atoms. The molecule has 9 heteroatoms. The van der Waals surface area contributed by atoms with Crippen LogP contribution in [0.3, 0.4) is 0 Å². The molecule has 1 aromatic heterocycles. The third kappa shape index (κ3) is 7.55. The molecule has 0 N–H and O–H groups in total. The molecule has 0 saturated heterocycles. The van der Waals surface area contributed by atoms with E-state index >= 15 is 0 Å². The summed E-state index contributed by atoms with van der Waals surface area (Å²) in [4.78, 5) is 16.4. The lowest BCUT2D eigenvalue weighted by atomic mass is 10.0. The zero-order valence-corrected chi connectivity index (χ0v) is 24.4. The van der Waals surface area contributed by atoms with Crippen molar-refractivity contribution < 1.29 is 22.7 Å². The Bertz CT molecular complexity index is 1780. The molecular formula is C34H25Cl2F3N2O2. The van der Waals surface area contributed by atoms with Crippen molar-refractivity contribution in [3.8, 4) is 22.4 Å². The maximum atomic E-state index is 13.2. The number of carbonyl (C=O) groups is 1. The number of ether oxygens (including phenoxy) is 1. The van der Waals surface area contributed by atoms with Gasteiger partial charge < -0.3 is 9.30 Å². The van der Waals surface area contributed by atoms with Crippen LogP contribution < -0.4 is 0 Å². The molecule has 218 valence electrons. The Morgan fingerprint density at radius 2 is 1.60 bits per heavy atom. The quantitative estimate of drug-likeness (QED) is 0.162. The number of aromatic nitrogens is 2. The number of esters is 1. The van der Waals surface area contributed by atoms with Gasteiger partial charge in [0.15, 0.2) is 0 Å². The molecule has 0 fully saturated rings. The summed E-state index contributed by atoms with van der Waals surface area (Å²) in [5.74, 6) is 0.365. The normalized spacial score (nSPS) is 11.7. The van der Waals surface area contributed by atoms with Gasteiger partial charge in [-0.1, -0.05) is 89.9 Å². The Kier molecular flexibility index (Phi) is 9.04.